The zero-order valence-electron chi connectivity index (χ0n) is 11.4. The number of nitrogens with zero attached hydrogens (tertiary/aromatic N) is 1. The van der Waals surface area contributed by atoms with Crippen LogP contribution in [0, 0.1) is 0 Å². The lowest BCUT2D eigenvalue weighted by Crippen LogP contribution is -2.19. The van der Waals surface area contributed by atoms with E-state index in [1.165, 1.54) is 0 Å². The summed E-state index contributed by atoms with van der Waals surface area (Å²) in [5.74, 6) is 0.704. The zero-order valence-corrected chi connectivity index (χ0v) is 12.9. The first-order valence-electron chi connectivity index (χ1n) is 6.39. The van der Waals surface area contributed by atoms with Crippen LogP contribution in [0.15, 0.2) is 51.4 Å². The van der Waals surface area contributed by atoms with Crippen LogP contribution in [0.4, 0.5) is 5.69 Å². The standard InChI is InChI=1S/C16H15BrN2O/c1-16(2,10-3-6-12(18)7-4-10)15-19-13-9-11(17)5-8-14(13)20-15/h3-9H,18H2,1-2H3. The van der Waals surface area contributed by atoms with Gasteiger partial charge >= 0.3 is 0 Å². The van der Waals surface area contributed by atoms with Crippen LogP contribution in [-0.4, -0.2) is 4.98 Å². The molecule has 2 aromatic carbocycles. The summed E-state index contributed by atoms with van der Waals surface area (Å²) in [6, 6.07) is 13.7. The van der Waals surface area contributed by atoms with E-state index >= 15 is 0 Å². The van der Waals surface area contributed by atoms with Crippen LogP contribution < -0.4 is 5.73 Å². The van der Waals surface area contributed by atoms with Crippen LogP contribution in [0.2, 0.25) is 0 Å². The van der Waals surface area contributed by atoms with E-state index in [2.05, 4.69) is 34.8 Å². The second kappa shape index (κ2) is 4.63. The Labute approximate surface area is 125 Å². The van der Waals surface area contributed by atoms with E-state index < -0.39 is 0 Å². The van der Waals surface area contributed by atoms with Crippen molar-refractivity contribution in [2.24, 2.45) is 0 Å². The highest BCUT2D eigenvalue weighted by Gasteiger charge is 2.29. The minimum absolute atomic E-state index is 0.306. The Balaban J connectivity index is 2.10. The largest absolute Gasteiger partial charge is 0.440 e. The zero-order chi connectivity index (χ0) is 14.3. The Morgan fingerprint density at radius 2 is 1.80 bits per heavy atom. The van der Waals surface area contributed by atoms with E-state index in [0.717, 1.165) is 26.8 Å². The molecule has 0 amide bonds. The van der Waals surface area contributed by atoms with Crippen molar-refractivity contribution in [2.75, 3.05) is 5.73 Å². The molecule has 102 valence electrons. The van der Waals surface area contributed by atoms with Gasteiger partial charge in [-0.25, -0.2) is 4.98 Å². The molecule has 3 aromatic rings. The topological polar surface area (TPSA) is 52.0 Å². The number of oxazole rings is 1. The molecule has 0 spiro atoms. The molecule has 1 aromatic heterocycles. The molecule has 0 saturated carbocycles. The normalized spacial score (nSPS) is 11.9. The summed E-state index contributed by atoms with van der Waals surface area (Å²) in [7, 11) is 0. The SMILES string of the molecule is CC(C)(c1ccc(N)cc1)c1nc2cc(Br)ccc2o1. The molecule has 3 rings (SSSR count). The lowest BCUT2D eigenvalue weighted by atomic mass is 9.84. The summed E-state index contributed by atoms with van der Waals surface area (Å²) >= 11 is 3.45. The van der Waals surface area contributed by atoms with Crippen molar-refractivity contribution in [2.45, 2.75) is 19.3 Å². The highest BCUT2D eigenvalue weighted by atomic mass is 79.9. The number of aromatic nitrogens is 1. The van der Waals surface area contributed by atoms with Crippen LogP contribution in [0.5, 0.6) is 0 Å². The summed E-state index contributed by atoms with van der Waals surface area (Å²) in [6.45, 7) is 4.19. The van der Waals surface area contributed by atoms with Gasteiger partial charge in [0.2, 0.25) is 5.89 Å². The molecular weight excluding hydrogens is 316 g/mol. The predicted molar refractivity (Wildman–Crippen MR) is 84.7 cm³/mol. The van der Waals surface area contributed by atoms with Gasteiger partial charge in [-0.1, -0.05) is 28.1 Å². The van der Waals surface area contributed by atoms with Gasteiger partial charge in [0.05, 0.1) is 5.41 Å². The maximum Gasteiger partial charge on any atom is 0.205 e. The van der Waals surface area contributed by atoms with E-state index in [0.29, 0.717) is 5.89 Å². The number of fused-ring (bicyclic) bond motifs is 1. The third kappa shape index (κ3) is 2.20. The van der Waals surface area contributed by atoms with Crippen LogP contribution in [0.3, 0.4) is 0 Å². The van der Waals surface area contributed by atoms with Gasteiger partial charge in [-0.15, -0.1) is 0 Å². The molecule has 4 heteroatoms. The van der Waals surface area contributed by atoms with Gasteiger partial charge in [0.25, 0.3) is 0 Å². The number of nitrogen functional groups attached to an aromatic ring is 1. The van der Waals surface area contributed by atoms with Crippen molar-refractivity contribution >= 4 is 32.7 Å². The van der Waals surface area contributed by atoms with Crippen LogP contribution in [-0.2, 0) is 5.41 Å². The quantitative estimate of drug-likeness (QED) is 0.704. The van der Waals surface area contributed by atoms with Crippen molar-refractivity contribution in [3.63, 3.8) is 0 Å². The predicted octanol–water partition coefficient (Wildman–Crippen LogP) is 4.50. The van der Waals surface area contributed by atoms with Crippen LogP contribution in [0.1, 0.15) is 25.3 Å². The summed E-state index contributed by atoms with van der Waals surface area (Å²) in [5, 5.41) is 0. The number of anilines is 1. The minimum atomic E-state index is -0.306. The van der Waals surface area contributed by atoms with Crippen molar-refractivity contribution in [3.05, 3.63) is 58.4 Å². The molecule has 1 heterocycles. The van der Waals surface area contributed by atoms with E-state index in [1.807, 2.05) is 42.5 Å². The Kier molecular flexibility index (Phi) is 3.05. The number of hydrogen-bond donors (Lipinski definition) is 1. The Morgan fingerprint density at radius 3 is 2.50 bits per heavy atom. The Morgan fingerprint density at radius 1 is 1.10 bits per heavy atom. The summed E-state index contributed by atoms with van der Waals surface area (Å²) in [4.78, 5) is 4.62. The first kappa shape index (κ1) is 13.2. The molecule has 0 aliphatic heterocycles. The number of hydrogen-bond acceptors (Lipinski definition) is 3. The Hall–Kier alpha value is -1.81. The van der Waals surface area contributed by atoms with Crippen molar-refractivity contribution in [1.29, 1.82) is 0 Å². The lowest BCUT2D eigenvalue weighted by molar-refractivity contribution is 0.433. The molecule has 0 radical (unpaired) electrons. The van der Waals surface area contributed by atoms with Gasteiger partial charge < -0.3 is 10.2 Å². The van der Waals surface area contributed by atoms with E-state index in [9.17, 15) is 0 Å². The molecule has 3 nitrogen and oxygen atoms in total. The first-order chi connectivity index (χ1) is 9.46. The first-order valence-corrected chi connectivity index (χ1v) is 7.19. The molecule has 0 saturated heterocycles. The summed E-state index contributed by atoms with van der Waals surface area (Å²) < 4.78 is 6.90. The molecule has 20 heavy (non-hydrogen) atoms. The van der Waals surface area contributed by atoms with Gasteiger partial charge in [0.15, 0.2) is 5.58 Å². The van der Waals surface area contributed by atoms with Crippen molar-refractivity contribution < 1.29 is 4.42 Å². The fourth-order valence-corrected chi connectivity index (χ4v) is 2.54. The number of rotatable bonds is 2. The molecule has 0 fully saturated rings. The monoisotopic (exact) mass is 330 g/mol. The molecule has 0 bridgehead atoms. The lowest BCUT2D eigenvalue weighted by Gasteiger charge is -2.21. The van der Waals surface area contributed by atoms with Crippen molar-refractivity contribution in [3.8, 4) is 0 Å². The average Bonchev–Trinajstić information content (AvgIpc) is 2.83. The van der Waals surface area contributed by atoms with Crippen molar-refractivity contribution in [1.82, 2.24) is 4.98 Å². The third-order valence-corrected chi connectivity index (χ3v) is 4.01. The number of benzene rings is 2. The molecule has 0 unspecified atom stereocenters. The number of nitrogens with two attached hydrogens (primary N) is 1. The second-order valence-corrected chi connectivity index (χ2v) is 6.29. The fraction of sp³-hybridized carbons (Fsp3) is 0.188. The highest BCUT2D eigenvalue weighted by Crippen LogP contribution is 2.33. The van der Waals surface area contributed by atoms with E-state index in [-0.39, 0.29) is 5.41 Å². The van der Waals surface area contributed by atoms with E-state index in [1.54, 1.807) is 0 Å². The molecule has 0 aliphatic rings. The summed E-state index contributed by atoms with van der Waals surface area (Å²) in [6.07, 6.45) is 0. The van der Waals surface area contributed by atoms with Crippen LogP contribution in [0.25, 0.3) is 11.1 Å². The number of halogens is 1. The second-order valence-electron chi connectivity index (χ2n) is 5.38. The van der Waals surface area contributed by atoms with Crippen LogP contribution >= 0.6 is 15.9 Å². The smallest absolute Gasteiger partial charge is 0.205 e. The minimum Gasteiger partial charge on any atom is -0.440 e. The average molecular weight is 331 g/mol. The molecule has 0 aliphatic carbocycles. The third-order valence-electron chi connectivity index (χ3n) is 3.52. The van der Waals surface area contributed by atoms with Gasteiger partial charge in [0.1, 0.15) is 5.52 Å². The van der Waals surface area contributed by atoms with Gasteiger partial charge in [-0.3, -0.25) is 0 Å². The molecule has 2 N–H and O–H groups in total. The molecule has 0 atom stereocenters. The van der Waals surface area contributed by atoms with Gasteiger partial charge in [-0.05, 0) is 49.7 Å². The molecular formula is C16H15BrN2O. The van der Waals surface area contributed by atoms with Gasteiger partial charge in [0, 0.05) is 10.2 Å². The fourth-order valence-electron chi connectivity index (χ4n) is 2.19. The van der Waals surface area contributed by atoms with E-state index in [4.69, 9.17) is 10.2 Å². The Bertz CT molecular complexity index is 760. The highest BCUT2D eigenvalue weighted by molar-refractivity contribution is 9.10. The maximum absolute atomic E-state index is 5.91. The summed E-state index contributed by atoms with van der Waals surface area (Å²) in [5.41, 5.74) is 8.97. The maximum atomic E-state index is 5.91. The van der Waals surface area contributed by atoms with Gasteiger partial charge in [-0.2, -0.15) is 0 Å².